The van der Waals surface area contributed by atoms with Crippen molar-refractivity contribution in [2.24, 2.45) is 0 Å². The molecule has 6 nitrogen and oxygen atoms in total. The molecule has 0 N–H and O–H groups in total. The number of fused-ring (bicyclic) bond motifs is 4. The fourth-order valence-electron chi connectivity index (χ4n) is 9.34. The van der Waals surface area contributed by atoms with Crippen LogP contribution in [0.15, 0.2) is 243 Å². The summed E-state index contributed by atoms with van der Waals surface area (Å²) in [6.07, 6.45) is 0. The Morgan fingerprint density at radius 1 is 0.143 bits per heavy atom. The maximum absolute atomic E-state index is 5.08. The van der Waals surface area contributed by atoms with E-state index in [4.69, 9.17) is 29.9 Å². The Bertz CT molecular complexity index is 3670. The van der Waals surface area contributed by atoms with Gasteiger partial charge in [0.05, 0.1) is 0 Å². The molecule has 13 rings (SSSR count). The first-order valence-corrected chi connectivity index (χ1v) is 23.4. The first-order chi connectivity index (χ1) is 34.6. The van der Waals surface area contributed by atoms with Crippen LogP contribution in [0.2, 0.25) is 0 Å². The predicted octanol–water partition coefficient (Wildman–Crippen LogP) is 16.0. The molecule has 0 bridgehead atoms. The third-order valence-electron chi connectivity index (χ3n) is 13.1. The molecular formula is C64H40N6. The Balaban J connectivity index is 0.819. The minimum atomic E-state index is 0.619. The van der Waals surface area contributed by atoms with E-state index in [0.717, 1.165) is 77.2 Å². The number of hydrogen-bond acceptors (Lipinski definition) is 6. The molecule has 70 heavy (non-hydrogen) atoms. The molecule has 0 aliphatic carbocycles. The number of nitrogens with zero attached hydrogens (tertiary/aromatic N) is 6. The van der Waals surface area contributed by atoms with Crippen molar-refractivity contribution < 1.29 is 0 Å². The van der Waals surface area contributed by atoms with Crippen LogP contribution in [0.5, 0.6) is 0 Å². The normalized spacial score (nSPS) is 11.4. The number of aromatic nitrogens is 6. The molecule has 0 aliphatic heterocycles. The zero-order valence-corrected chi connectivity index (χ0v) is 37.8. The summed E-state index contributed by atoms with van der Waals surface area (Å²) in [5.74, 6) is 3.77. The summed E-state index contributed by atoms with van der Waals surface area (Å²) >= 11 is 0. The van der Waals surface area contributed by atoms with Gasteiger partial charge in [-0.05, 0) is 95.7 Å². The summed E-state index contributed by atoms with van der Waals surface area (Å²) in [7, 11) is 0. The molecule has 0 atom stereocenters. The van der Waals surface area contributed by atoms with E-state index < -0.39 is 0 Å². The molecule has 0 saturated carbocycles. The van der Waals surface area contributed by atoms with E-state index in [9.17, 15) is 0 Å². The Morgan fingerprint density at radius 3 is 0.657 bits per heavy atom. The zero-order valence-electron chi connectivity index (χ0n) is 37.8. The van der Waals surface area contributed by atoms with Crippen molar-refractivity contribution in [1.82, 2.24) is 29.9 Å². The van der Waals surface area contributed by atoms with Gasteiger partial charge in [0, 0.05) is 33.4 Å². The van der Waals surface area contributed by atoms with E-state index in [-0.39, 0.29) is 0 Å². The van der Waals surface area contributed by atoms with Crippen molar-refractivity contribution in [1.29, 1.82) is 0 Å². The third kappa shape index (κ3) is 7.89. The van der Waals surface area contributed by atoms with Crippen LogP contribution in [-0.2, 0) is 0 Å². The molecule has 0 aliphatic rings. The monoisotopic (exact) mass is 892 g/mol. The summed E-state index contributed by atoms with van der Waals surface area (Å²) in [4.78, 5) is 30.4. The Kier molecular flexibility index (Phi) is 10.1. The van der Waals surface area contributed by atoms with Gasteiger partial charge in [0.1, 0.15) is 0 Å². The van der Waals surface area contributed by atoms with Crippen LogP contribution < -0.4 is 0 Å². The topological polar surface area (TPSA) is 77.3 Å². The highest BCUT2D eigenvalue weighted by molar-refractivity contribution is 5.90. The van der Waals surface area contributed by atoms with Crippen molar-refractivity contribution >= 4 is 43.1 Å². The van der Waals surface area contributed by atoms with E-state index in [0.29, 0.717) is 34.9 Å². The van der Waals surface area contributed by atoms with Crippen LogP contribution in [0, 0.1) is 0 Å². The van der Waals surface area contributed by atoms with Crippen LogP contribution in [0.25, 0.3) is 134 Å². The molecule has 6 heteroatoms. The lowest BCUT2D eigenvalue weighted by Crippen LogP contribution is -2.00. The van der Waals surface area contributed by atoms with Gasteiger partial charge >= 0.3 is 0 Å². The lowest BCUT2D eigenvalue weighted by atomic mass is 9.97. The molecule has 2 heterocycles. The van der Waals surface area contributed by atoms with E-state index in [2.05, 4.69) is 243 Å². The van der Waals surface area contributed by atoms with Gasteiger partial charge in [0.15, 0.2) is 34.9 Å². The van der Waals surface area contributed by atoms with E-state index in [1.54, 1.807) is 0 Å². The fraction of sp³-hybridized carbons (Fsp3) is 0. The minimum Gasteiger partial charge on any atom is -0.208 e. The minimum absolute atomic E-state index is 0.619. The Morgan fingerprint density at radius 2 is 0.371 bits per heavy atom. The van der Waals surface area contributed by atoms with Crippen molar-refractivity contribution in [3.05, 3.63) is 243 Å². The molecule has 0 amide bonds. The fourth-order valence-corrected chi connectivity index (χ4v) is 9.34. The van der Waals surface area contributed by atoms with Gasteiger partial charge in [0.2, 0.25) is 0 Å². The second-order valence-corrected chi connectivity index (χ2v) is 17.6. The third-order valence-corrected chi connectivity index (χ3v) is 13.1. The average Bonchev–Trinajstić information content (AvgIpc) is 3.44. The van der Waals surface area contributed by atoms with Gasteiger partial charge in [-0.15, -0.1) is 0 Å². The lowest BCUT2D eigenvalue weighted by Gasteiger charge is -2.11. The van der Waals surface area contributed by atoms with Crippen LogP contribution in [0.4, 0.5) is 0 Å². The second-order valence-electron chi connectivity index (χ2n) is 17.6. The lowest BCUT2D eigenvalue weighted by molar-refractivity contribution is 1.07. The highest BCUT2D eigenvalue weighted by Gasteiger charge is 2.16. The predicted molar refractivity (Wildman–Crippen MR) is 287 cm³/mol. The zero-order chi connectivity index (χ0) is 46.4. The van der Waals surface area contributed by atoms with Crippen molar-refractivity contribution in [3.63, 3.8) is 0 Å². The van der Waals surface area contributed by atoms with Gasteiger partial charge < -0.3 is 0 Å². The molecule has 2 aromatic heterocycles. The summed E-state index contributed by atoms with van der Waals surface area (Å²) in [5, 5.41) is 9.23. The molecular weight excluding hydrogens is 853 g/mol. The molecule has 0 unspecified atom stereocenters. The van der Waals surface area contributed by atoms with Gasteiger partial charge in [-0.1, -0.05) is 212 Å². The van der Waals surface area contributed by atoms with Crippen LogP contribution >= 0.6 is 0 Å². The second kappa shape index (κ2) is 17.3. The van der Waals surface area contributed by atoms with E-state index >= 15 is 0 Å². The maximum Gasteiger partial charge on any atom is 0.164 e. The molecule has 0 spiro atoms. The quantitative estimate of drug-likeness (QED) is 0.151. The van der Waals surface area contributed by atoms with Crippen LogP contribution in [0.1, 0.15) is 0 Å². The van der Waals surface area contributed by atoms with Crippen molar-refractivity contribution in [3.8, 4) is 90.6 Å². The summed E-state index contributed by atoms with van der Waals surface area (Å²) in [6, 6.07) is 84.6. The standard InChI is InChI=1S/C64H40N6/c1-5-14-49-37-55(32-24-41(49)10-1)61-65-59(66-62(69-61)56-33-25-42-11-2-6-15-50(42)38-56)47-28-20-45(21-29-47)53-18-9-19-54(36-53)46-22-30-48(31-23-46)60-67-63(57-34-26-43-12-3-7-16-51(43)39-57)70-64(68-60)58-35-27-44-13-4-8-17-52(44)40-58/h1-40H. The SMILES string of the molecule is c1cc(-c2ccc(-c3nc(-c4ccc5ccccc5c4)nc(-c4ccc5ccccc5c4)n3)cc2)cc(-c2ccc(-c3nc(-c4ccc5ccccc5c4)nc(-c4ccc5ccccc5c4)n3)cc2)c1. The Hall–Kier alpha value is -9.52. The van der Waals surface area contributed by atoms with Gasteiger partial charge in [-0.3, -0.25) is 0 Å². The average molecular weight is 893 g/mol. The van der Waals surface area contributed by atoms with Crippen LogP contribution in [-0.4, -0.2) is 29.9 Å². The van der Waals surface area contributed by atoms with Crippen molar-refractivity contribution in [2.75, 3.05) is 0 Å². The summed E-state index contributed by atoms with van der Waals surface area (Å²) in [5.41, 5.74) is 9.98. The largest absolute Gasteiger partial charge is 0.208 e. The molecule has 11 aromatic carbocycles. The van der Waals surface area contributed by atoms with Gasteiger partial charge in [-0.25, -0.2) is 29.9 Å². The van der Waals surface area contributed by atoms with E-state index in [1.807, 2.05) is 0 Å². The molecule has 0 radical (unpaired) electrons. The summed E-state index contributed by atoms with van der Waals surface area (Å²) < 4.78 is 0. The number of hydrogen-bond donors (Lipinski definition) is 0. The van der Waals surface area contributed by atoms with E-state index in [1.165, 1.54) is 21.5 Å². The highest BCUT2D eigenvalue weighted by Crippen LogP contribution is 2.34. The number of rotatable bonds is 8. The number of benzene rings is 11. The van der Waals surface area contributed by atoms with Crippen molar-refractivity contribution in [2.45, 2.75) is 0 Å². The smallest absolute Gasteiger partial charge is 0.164 e. The Labute approximate surface area is 404 Å². The first kappa shape index (κ1) is 40.7. The van der Waals surface area contributed by atoms with Crippen LogP contribution in [0.3, 0.4) is 0 Å². The molecule has 326 valence electrons. The molecule has 13 aromatic rings. The highest BCUT2D eigenvalue weighted by atomic mass is 15.0. The first-order valence-electron chi connectivity index (χ1n) is 23.4. The molecule has 0 saturated heterocycles. The van der Waals surface area contributed by atoms with Gasteiger partial charge in [-0.2, -0.15) is 0 Å². The van der Waals surface area contributed by atoms with Gasteiger partial charge in [0.25, 0.3) is 0 Å². The summed E-state index contributed by atoms with van der Waals surface area (Å²) in [6.45, 7) is 0. The molecule has 0 fully saturated rings. The maximum atomic E-state index is 5.08.